The maximum atomic E-state index is 11.9. The van der Waals surface area contributed by atoms with Gasteiger partial charge in [-0.15, -0.1) is 0 Å². The van der Waals surface area contributed by atoms with E-state index in [0.29, 0.717) is 38.4 Å². The number of ketones is 1. The summed E-state index contributed by atoms with van der Waals surface area (Å²) in [6, 6.07) is 8.09. The molecular formula is C51H84O9Si2. The van der Waals surface area contributed by atoms with Crippen LogP contribution in [0, 0.1) is 11.8 Å². The van der Waals surface area contributed by atoms with E-state index in [4.69, 9.17) is 37.3 Å². The summed E-state index contributed by atoms with van der Waals surface area (Å²) in [6.45, 7) is 41.3. The van der Waals surface area contributed by atoms with Crippen LogP contribution >= 0.6 is 0 Å². The van der Waals surface area contributed by atoms with Crippen LogP contribution < -0.4 is 4.74 Å². The Hall–Kier alpha value is -1.94. The number of carbonyl (C=O) groups is 1. The van der Waals surface area contributed by atoms with Gasteiger partial charge < -0.3 is 37.3 Å². The van der Waals surface area contributed by atoms with Gasteiger partial charge in [0.1, 0.15) is 5.75 Å². The van der Waals surface area contributed by atoms with Crippen molar-refractivity contribution in [1.29, 1.82) is 0 Å². The van der Waals surface area contributed by atoms with E-state index in [1.54, 1.807) is 7.11 Å². The molecule has 0 aliphatic carbocycles. The zero-order chi connectivity index (χ0) is 45.8. The monoisotopic (exact) mass is 897 g/mol. The third-order valence-corrected chi connectivity index (χ3v) is 24.4. The second-order valence-corrected chi connectivity index (χ2v) is 31.5. The maximum absolute atomic E-state index is 11.9. The second-order valence-electron chi connectivity index (χ2n) is 22.0. The summed E-state index contributed by atoms with van der Waals surface area (Å²) < 4.78 is 54.3. The van der Waals surface area contributed by atoms with E-state index in [9.17, 15) is 4.79 Å². The lowest BCUT2D eigenvalue weighted by atomic mass is 9.79. The van der Waals surface area contributed by atoms with Crippen LogP contribution in [0.4, 0.5) is 0 Å². The first kappa shape index (κ1) is 51.1. The molecular weight excluding hydrogens is 813 g/mol. The second kappa shape index (κ2) is 21.1. The van der Waals surface area contributed by atoms with Gasteiger partial charge in [-0.2, -0.15) is 0 Å². The molecule has 4 aliphatic rings. The fourth-order valence-electron chi connectivity index (χ4n) is 9.09. The fourth-order valence-corrected chi connectivity index (χ4v) is 11.5. The van der Waals surface area contributed by atoms with Crippen LogP contribution in [0.2, 0.25) is 36.3 Å². The highest BCUT2D eigenvalue weighted by Crippen LogP contribution is 2.45. The zero-order valence-corrected chi connectivity index (χ0v) is 42.9. The number of hydrogen-bond donors (Lipinski definition) is 0. The lowest BCUT2D eigenvalue weighted by Gasteiger charge is -2.53. The minimum absolute atomic E-state index is 0.0215. The molecule has 5 rings (SSSR count). The Morgan fingerprint density at radius 2 is 1.48 bits per heavy atom. The van der Waals surface area contributed by atoms with Crippen LogP contribution in [0.3, 0.4) is 0 Å². The molecule has 350 valence electrons. The van der Waals surface area contributed by atoms with Gasteiger partial charge in [0.05, 0.1) is 74.8 Å². The van der Waals surface area contributed by atoms with Gasteiger partial charge in [0, 0.05) is 31.8 Å². The SMILES string of the molecule is C=CC(=O)CC[C@H]1CC(=C)[C@H](CC[C@H]2C[C@@H](C)C(=C)[C@@H](C[C@@H]3O[C@H]4C[C@@H](O[Si](C)(C)C(C)(C)C)[C@@H](CCO[Si](C)(C)C(C)(C)C)O[C@H]4[C@H](C)[C@H]3OCc3ccc(OC)cc3)O2)O1. The molecule has 0 aromatic heterocycles. The molecule has 11 heteroatoms. The van der Waals surface area contributed by atoms with Gasteiger partial charge in [-0.3, -0.25) is 4.79 Å². The summed E-state index contributed by atoms with van der Waals surface area (Å²) in [6.07, 6.45) is 6.98. The summed E-state index contributed by atoms with van der Waals surface area (Å²) in [5, 5.41) is 0.174. The topological polar surface area (TPSA) is 90.9 Å². The molecule has 1 aromatic carbocycles. The van der Waals surface area contributed by atoms with Crippen LogP contribution in [0.1, 0.15) is 119 Å². The highest BCUT2D eigenvalue weighted by molar-refractivity contribution is 6.74. The van der Waals surface area contributed by atoms with Gasteiger partial charge in [-0.1, -0.05) is 87.3 Å². The highest BCUT2D eigenvalue weighted by atomic mass is 28.4. The first-order valence-corrected chi connectivity index (χ1v) is 29.4. The number of methoxy groups -OCH3 is 1. The van der Waals surface area contributed by atoms with Crippen molar-refractivity contribution in [2.45, 2.75) is 217 Å². The van der Waals surface area contributed by atoms with Crippen molar-refractivity contribution in [3.63, 3.8) is 0 Å². The predicted molar refractivity (Wildman–Crippen MR) is 255 cm³/mol. The van der Waals surface area contributed by atoms with Gasteiger partial charge in [0.15, 0.2) is 22.4 Å². The van der Waals surface area contributed by atoms with E-state index in [2.05, 4.69) is 113 Å². The molecule has 1 aromatic rings. The first-order chi connectivity index (χ1) is 28.9. The Morgan fingerprint density at radius 1 is 0.823 bits per heavy atom. The van der Waals surface area contributed by atoms with Gasteiger partial charge in [0.25, 0.3) is 0 Å². The normalized spacial score (nSPS) is 32.4. The fraction of sp³-hybridized carbons (Fsp3) is 0.745. The van der Waals surface area contributed by atoms with Crippen LogP contribution in [0.25, 0.3) is 0 Å². The number of ether oxygens (including phenoxy) is 6. The molecule has 4 heterocycles. The number of hydrogen-bond acceptors (Lipinski definition) is 9. The molecule has 0 spiro atoms. The molecule has 0 amide bonds. The predicted octanol–water partition coefficient (Wildman–Crippen LogP) is 11.7. The quantitative estimate of drug-likeness (QED) is 0.0765. The third kappa shape index (κ3) is 12.9. The molecule has 4 aliphatic heterocycles. The third-order valence-electron chi connectivity index (χ3n) is 15.3. The summed E-state index contributed by atoms with van der Waals surface area (Å²) in [4.78, 5) is 11.9. The Morgan fingerprint density at radius 3 is 2.11 bits per heavy atom. The van der Waals surface area contributed by atoms with Crippen molar-refractivity contribution >= 4 is 22.4 Å². The van der Waals surface area contributed by atoms with Gasteiger partial charge in [-0.25, -0.2) is 0 Å². The van der Waals surface area contributed by atoms with Gasteiger partial charge in [0.2, 0.25) is 0 Å². The lowest BCUT2D eigenvalue weighted by Crippen LogP contribution is -2.62. The largest absolute Gasteiger partial charge is 0.497 e. The summed E-state index contributed by atoms with van der Waals surface area (Å²) >= 11 is 0. The van der Waals surface area contributed by atoms with Crippen LogP contribution in [-0.4, -0.2) is 97.2 Å². The van der Waals surface area contributed by atoms with Crippen molar-refractivity contribution in [1.82, 2.24) is 0 Å². The Bertz CT molecular complexity index is 1660. The van der Waals surface area contributed by atoms with Crippen LogP contribution in [0.5, 0.6) is 5.75 Å². The van der Waals surface area contributed by atoms with Crippen LogP contribution in [-0.2, 0) is 43.9 Å². The highest BCUT2D eigenvalue weighted by Gasteiger charge is 2.53. The van der Waals surface area contributed by atoms with Crippen molar-refractivity contribution < 1.29 is 42.1 Å². The van der Waals surface area contributed by atoms with E-state index in [0.717, 1.165) is 61.0 Å². The smallest absolute Gasteiger partial charge is 0.192 e. The molecule has 4 saturated heterocycles. The average Bonchev–Trinajstić information content (AvgIpc) is 3.55. The molecule has 0 N–H and O–H groups in total. The van der Waals surface area contributed by atoms with Gasteiger partial charge >= 0.3 is 0 Å². The summed E-state index contributed by atoms with van der Waals surface area (Å²) in [7, 11) is -2.43. The number of rotatable bonds is 19. The molecule has 9 nitrogen and oxygen atoms in total. The number of fused-ring (bicyclic) bond motifs is 1. The average molecular weight is 897 g/mol. The van der Waals surface area contributed by atoms with Crippen molar-refractivity contribution in [2.75, 3.05) is 13.7 Å². The van der Waals surface area contributed by atoms with Crippen molar-refractivity contribution in [3.8, 4) is 5.75 Å². The number of benzene rings is 1. The standard InChI is InChI=1S/C51H84O9Si2/c1-17-38(52)20-23-40-29-34(3)42(56-40)25-24-41-28-33(2)35(4)44(57-41)30-46-48(54-32-37-18-21-39(53-12)22-19-37)36(5)49-47(58-46)31-45(60-62(15,16)51(9,10)11)43(59-49)26-27-55-61(13,14)50(6,7)8/h17-19,21-22,33,36,40-49H,1,3-4,20,23-32H2,2,5-16H3/t33-,36-,40+,41+,42+,43-,44-,45-,46+,47+,48-,49+/m1/s1. The van der Waals surface area contributed by atoms with E-state index in [-0.39, 0.29) is 82.8 Å². The lowest BCUT2D eigenvalue weighted by molar-refractivity contribution is -0.276. The van der Waals surface area contributed by atoms with E-state index in [1.807, 2.05) is 12.1 Å². The molecule has 0 bridgehead atoms. The molecule has 0 unspecified atom stereocenters. The molecule has 12 atom stereocenters. The number of carbonyl (C=O) groups excluding carboxylic acids is 1. The number of allylic oxidation sites excluding steroid dienone is 1. The Balaban J connectivity index is 1.34. The van der Waals surface area contributed by atoms with Crippen molar-refractivity contribution in [3.05, 3.63) is 66.8 Å². The summed E-state index contributed by atoms with van der Waals surface area (Å²) in [5.41, 5.74) is 3.30. The molecule has 62 heavy (non-hydrogen) atoms. The van der Waals surface area contributed by atoms with E-state index in [1.165, 1.54) is 6.08 Å². The zero-order valence-electron chi connectivity index (χ0n) is 40.9. The first-order valence-electron chi connectivity index (χ1n) is 23.6. The Labute approximate surface area is 378 Å². The van der Waals surface area contributed by atoms with E-state index < -0.39 is 16.6 Å². The summed E-state index contributed by atoms with van der Waals surface area (Å²) in [5.74, 6) is 1.21. The van der Waals surface area contributed by atoms with Gasteiger partial charge in [-0.05, 0) is 116 Å². The van der Waals surface area contributed by atoms with E-state index >= 15 is 0 Å². The maximum Gasteiger partial charge on any atom is 0.192 e. The molecule has 0 radical (unpaired) electrons. The Kier molecular flexibility index (Phi) is 17.4. The molecule has 0 saturated carbocycles. The molecule has 4 fully saturated rings. The van der Waals surface area contributed by atoms with Crippen molar-refractivity contribution in [2.24, 2.45) is 11.8 Å². The minimum Gasteiger partial charge on any atom is -0.497 e. The van der Waals surface area contributed by atoms with Crippen LogP contribution in [0.15, 0.2) is 61.2 Å². The minimum atomic E-state index is -2.16.